The number of hydrogen-bond acceptors (Lipinski definition) is 3. The van der Waals surface area contributed by atoms with Gasteiger partial charge in [-0.2, -0.15) is 0 Å². The average molecular weight is 339 g/mol. The smallest absolute Gasteiger partial charge is 0.120 e. The summed E-state index contributed by atoms with van der Waals surface area (Å²) in [4.78, 5) is 2.53. The van der Waals surface area contributed by atoms with E-state index < -0.39 is 0 Å². The Morgan fingerprint density at radius 3 is 2.75 bits per heavy atom. The molecule has 3 rings (SSSR count). The maximum absolute atomic E-state index is 5.89. The molecule has 1 saturated heterocycles. The summed E-state index contributed by atoms with van der Waals surface area (Å²) < 4.78 is 7.02. The van der Waals surface area contributed by atoms with Gasteiger partial charge in [0.25, 0.3) is 0 Å². The Bertz CT molecular complexity index is 442. The van der Waals surface area contributed by atoms with Gasteiger partial charge >= 0.3 is 0 Å². The van der Waals surface area contributed by atoms with E-state index in [1.165, 1.54) is 31.5 Å². The minimum Gasteiger partial charge on any atom is -0.493 e. The maximum atomic E-state index is 5.89. The first-order valence-electron chi connectivity index (χ1n) is 7.65. The van der Waals surface area contributed by atoms with Gasteiger partial charge in [-0.3, -0.25) is 0 Å². The summed E-state index contributed by atoms with van der Waals surface area (Å²) in [7, 11) is 0. The van der Waals surface area contributed by atoms with E-state index in [9.17, 15) is 0 Å². The number of halogens is 1. The molecule has 1 aromatic rings. The second-order valence-electron chi connectivity index (χ2n) is 5.89. The number of benzene rings is 1. The van der Waals surface area contributed by atoms with Crippen molar-refractivity contribution >= 4 is 15.9 Å². The number of ether oxygens (including phenoxy) is 1. The van der Waals surface area contributed by atoms with Crippen molar-refractivity contribution in [3.05, 3.63) is 28.2 Å². The SMILES string of the molecule is Brc1cc(CCN2CCNCC2)cc(OCC2CC2)c1. The molecule has 0 amide bonds. The van der Waals surface area contributed by atoms with Crippen LogP contribution in [-0.2, 0) is 6.42 Å². The molecule has 1 saturated carbocycles. The van der Waals surface area contributed by atoms with Crippen molar-refractivity contribution < 1.29 is 4.74 Å². The Balaban J connectivity index is 1.53. The van der Waals surface area contributed by atoms with E-state index in [-0.39, 0.29) is 0 Å². The fourth-order valence-corrected chi connectivity index (χ4v) is 3.09. The van der Waals surface area contributed by atoms with Gasteiger partial charge in [-0.05, 0) is 48.9 Å². The van der Waals surface area contributed by atoms with Crippen LogP contribution < -0.4 is 10.1 Å². The molecule has 20 heavy (non-hydrogen) atoms. The molecular formula is C16H23BrN2O. The summed E-state index contributed by atoms with van der Waals surface area (Å²) in [5.74, 6) is 1.82. The van der Waals surface area contributed by atoms with Crippen molar-refractivity contribution in [1.29, 1.82) is 0 Å². The van der Waals surface area contributed by atoms with Crippen molar-refractivity contribution in [3.63, 3.8) is 0 Å². The van der Waals surface area contributed by atoms with E-state index in [0.29, 0.717) is 0 Å². The molecule has 0 aromatic heterocycles. The van der Waals surface area contributed by atoms with Gasteiger partial charge in [-0.15, -0.1) is 0 Å². The van der Waals surface area contributed by atoms with Crippen LogP contribution >= 0.6 is 15.9 Å². The van der Waals surface area contributed by atoms with E-state index in [4.69, 9.17) is 4.74 Å². The van der Waals surface area contributed by atoms with Crippen LogP contribution in [0.3, 0.4) is 0 Å². The van der Waals surface area contributed by atoms with Crippen LogP contribution in [0.4, 0.5) is 0 Å². The standard InChI is InChI=1S/C16H23BrN2O/c17-15-9-14(3-6-19-7-4-18-5-8-19)10-16(11-15)20-12-13-1-2-13/h9-11,13,18H,1-8,12H2. The molecule has 0 unspecified atom stereocenters. The minimum absolute atomic E-state index is 0.804. The summed E-state index contributed by atoms with van der Waals surface area (Å²) in [6.07, 6.45) is 3.77. The van der Waals surface area contributed by atoms with E-state index in [1.807, 2.05) is 0 Å². The Morgan fingerprint density at radius 2 is 2.00 bits per heavy atom. The van der Waals surface area contributed by atoms with Crippen LogP contribution in [0.25, 0.3) is 0 Å². The molecule has 1 N–H and O–H groups in total. The highest BCUT2D eigenvalue weighted by atomic mass is 79.9. The summed E-state index contributed by atoms with van der Waals surface area (Å²) >= 11 is 3.60. The zero-order valence-corrected chi connectivity index (χ0v) is 13.5. The van der Waals surface area contributed by atoms with Gasteiger partial charge in [0, 0.05) is 37.2 Å². The molecule has 0 spiro atoms. The molecule has 1 aromatic carbocycles. The van der Waals surface area contributed by atoms with Crippen LogP contribution in [-0.4, -0.2) is 44.2 Å². The van der Waals surface area contributed by atoms with Crippen molar-refractivity contribution in [2.24, 2.45) is 5.92 Å². The average Bonchev–Trinajstić information content (AvgIpc) is 3.28. The van der Waals surface area contributed by atoms with Crippen molar-refractivity contribution in [3.8, 4) is 5.75 Å². The zero-order valence-electron chi connectivity index (χ0n) is 11.9. The highest BCUT2D eigenvalue weighted by Gasteiger charge is 2.22. The number of nitrogens with one attached hydrogen (secondary N) is 1. The Labute approximate surface area is 129 Å². The van der Waals surface area contributed by atoms with Crippen LogP contribution in [0, 0.1) is 5.92 Å². The highest BCUT2D eigenvalue weighted by Crippen LogP contribution is 2.30. The van der Waals surface area contributed by atoms with Crippen molar-refractivity contribution in [2.75, 3.05) is 39.3 Å². The number of nitrogens with zero attached hydrogens (tertiary/aromatic N) is 1. The zero-order chi connectivity index (χ0) is 13.8. The molecule has 0 atom stereocenters. The van der Waals surface area contributed by atoms with Gasteiger partial charge in [-0.25, -0.2) is 0 Å². The van der Waals surface area contributed by atoms with Crippen LogP contribution in [0.5, 0.6) is 5.75 Å². The normalized spacial score (nSPS) is 20.1. The molecule has 1 heterocycles. The van der Waals surface area contributed by atoms with Crippen molar-refractivity contribution in [1.82, 2.24) is 10.2 Å². The van der Waals surface area contributed by atoms with Gasteiger partial charge in [-0.1, -0.05) is 15.9 Å². The number of piperazine rings is 1. The topological polar surface area (TPSA) is 24.5 Å². The molecule has 3 nitrogen and oxygen atoms in total. The third-order valence-electron chi connectivity index (χ3n) is 4.04. The van der Waals surface area contributed by atoms with Gasteiger partial charge in [0.15, 0.2) is 0 Å². The first-order valence-corrected chi connectivity index (χ1v) is 8.44. The monoisotopic (exact) mass is 338 g/mol. The Kier molecular flexibility index (Phi) is 4.97. The molecular weight excluding hydrogens is 316 g/mol. The van der Waals surface area contributed by atoms with Gasteiger partial charge in [0.2, 0.25) is 0 Å². The molecule has 110 valence electrons. The first kappa shape index (κ1) is 14.4. The predicted molar refractivity (Wildman–Crippen MR) is 85.4 cm³/mol. The van der Waals surface area contributed by atoms with Gasteiger partial charge < -0.3 is 15.0 Å². The summed E-state index contributed by atoms with van der Waals surface area (Å²) in [6.45, 7) is 6.59. The Hall–Kier alpha value is -0.580. The lowest BCUT2D eigenvalue weighted by molar-refractivity contribution is 0.243. The van der Waals surface area contributed by atoms with Gasteiger partial charge in [0.05, 0.1) is 6.61 Å². The molecule has 1 aliphatic heterocycles. The van der Waals surface area contributed by atoms with Crippen molar-refractivity contribution in [2.45, 2.75) is 19.3 Å². The lowest BCUT2D eigenvalue weighted by Gasteiger charge is -2.27. The first-order chi connectivity index (χ1) is 9.79. The molecule has 4 heteroatoms. The minimum atomic E-state index is 0.804. The largest absolute Gasteiger partial charge is 0.493 e. The molecule has 2 fully saturated rings. The van der Waals surface area contributed by atoms with E-state index >= 15 is 0 Å². The second kappa shape index (κ2) is 6.92. The fourth-order valence-electron chi connectivity index (χ4n) is 2.57. The quantitative estimate of drug-likeness (QED) is 0.863. The molecule has 0 radical (unpaired) electrons. The van der Waals surface area contributed by atoms with Crippen LogP contribution in [0.1, 0.15) is 18.4 Å². The number of rotatable bonds is 6. The van der Waals surface area contributed by atoms with Crippen LogP contribution in [0.15, 0.2) is 22.7 Å². The van der Waals surface area contributed by atoms with E-state index in [0.717, 1.165) is 48.8 Å². The molecule has 1 aliphatic carbocycles. The predicted octanol–water partition coefficient (Wildman–Crippen LogP) is 2.69. The lowest BCUT2D eigenvalue weighted by Crippen LogP contribution is -2.44. The highest BCUT2D eigenvalue weighted by molar-refractivity contribution is 9.10. The maximum Gasteiger partial charge on any atom is 0.120 e. The second-order valence-corrected chi connectivity index (χ2v) is 6.81. The molecule has 0 bridgehead atoms. The third kappa shape index (κ3) is 4.47. The lowest BCUT2D eigenvalue weighted by atomic mass is 10.1. The molecule has 2 aliphatic rings. The summed E-state index contributed by atoms with van der Waals surface area (Å²) in [5, 5.41) is 3.40. The van der Waals surface area contributed by atoms with Crippen LogP contribution in [0.2, 0.25) is 0 Å². The van der Waals surface area contributed by atoms with E-state index in [2.05, 4.69) is 44.3 Å². The summed E-state index contributed by atoms with van der Waals surface area (Å²) in [6, 6.07) is 6.50. The Morgan fingerprint density at radius 1 is 1.20 bits per heavy atom. The van der Waals surface area contributed by atoms with E-state index in [1.54, 1.807) is 0 Å². The van der Waals surface area contributed by atoms with Gasteiger partial charge in [0.1, 0.15) is 5.75 Å². The fraction of sp³-hybridized carbons (Fsp3) is 0.625. The third-order valence-corrected chi connectivity index (χ3v) is 4.50. The summed E-state index contributed by atoms with van der Waals surface area (Å²) in [5.41, 5.74) is 1.36. The number of hydrogen-bond donors (Lipinski definition) is 1.